The van der Waals surface area contributed by atoms with Gasteiger partial charge in [0, 0.05) is 20.7 Å². The van der Waals surface area contributed by atoms with Crippen LogP contribution < -0.4 is 5.32 Å². The van der Waals surface area contributed by atoms with Crippen LogP contribution in [0.2, 0.25) is 0 Å². The summed E-state index contributed by atoms with van der Waals surface area (Å²) in [6.07, 6.45) is 5.15. The molecule has 0 aliphatic heterocycles. The first-order valence-corrected chi connectivity index (χ1v) is 9.05. The maximum atomic E-state index is 3.62. The number of benzene rings is 2. The van der Waals surface area contributed by atoms with Gasteiger partial charge in [0.05, 0.1) is 0 Å². The van der Waals surface area contributed by atoms with Crippen LogP contribution in [0.3, 0.4) is 0 Å². The molecule has 1 atom stereocenters. The Morgan fingerprint density at radius 1 is 0.952 bits per heavy atom. The highest BCUT2D eigenvalue weighted by atomic mass is 79.9. The third-order valence-corrected chi connectivity index (χ3v) is 5.33. The Morgan fingerprint density at radius 2 is 1.71 bits per heavy atom. The normalized spacial score (nSPS) is 15.4. The van der Waals surface area contributed by atoms with Gasteiger partial charge in [0.1, 0.15) is 0 Å². The Hall–Kier alpha value is -0.800. The second-order valence-electron chi connectivity index (χ2n) is 5.73. The highest BCUT2D eigenvalue weighted by molar-refractivity contribution is 9.11. The fourth-order valence-corrected chi connectivity index (χ4v) is 4.11. The van der Waals surface area contributed by atoms with Crippen molar-refractivity contribution in [3.05, 3.63) is 62.0 Å². The monoisotopic (exact) mass is 407 g/mol. The molecule has 0 saturated carbocycles. The Kier molecular flexibility index (Phi) is 4.70. The van der Waals surface area contributed by atoms with E-state index in [2.05, 4.69) is 80.5 Å². The number of fused-ring (bicyclic) bond motifs is 1. The Balaban J connectivity index is 1.80. The summed E-state index contributed by atoms with van der Waals surface area (Å²) in [7, 11) is 0. The molecule has 2 aromatic rings. The molecule has 110 valence electrons. The minimum Gasteiger partial charge on any atom is -0.378 e. The summed E-state index contributed by atoms with van der Waals surface area (Å²) in [4.78, 5) is 0. The lowest BCUT2D eigenvalue weighted by Crippen LogP contribution is -2.09. The molecule has 1 aliphatic rings. The smallest absolute Gasteiger partial charge is 0.0490 e. The Labute approximate surface area is 143 Å². The van der Waals surface area contributed by atoms with E-state index in [1.54, 1.807) is 11.1 Å². The quantitative estimate of drug-likeness (QED) is 0.631. The summed E-state index contributed by atoms with van der Waals surface area (Å²) in [5, 5.41) is 3.59. The van der Waals surface area contributed by atoms with E-state index in [9.17, 15) is 0 Å². The van der Waals surface area contributed by atoms with Crippen LogP contribution >= 0.6 is 31.9 Å². The van der Waals surface area contributed by atoms with Crippen LogP contribution in [-0.2, 0) is 12.8 Å². The van der Waals surface area contributed by atoms with Crippen LogP contribution in [-0.4, -0.2) is 0 Å². The van der Waals surface area contributed by atoms with Crippen LogP contribution in [0, 0.1) is 0 Å². The van der Waals surface area contributed by atoms with Crippen LogP contribution in [0.25, 0.3) is 0 Å². The number of nitrogens with one attached hydrogen (secondary N) is 1. The fourth-order valence-electron chi connectivity index (χ4n) is 2.95. The molecule has 3 heteroatoms. The molecule has 0 fully saturated rings. The highest BCUT2D eigenvalue weighted by Crippen LogP contribution is 2.30. The van der Waals surface area contributed by atoms with Crippen molar-refractivity contribution in [2.45, 2.75) is 38.6 Å². The lowest BCUT2D eigenvalue weighted by molar-refractivity contribution is 0.683. The molecule has 0 amide bonds. The van der Waals surface area contributed by atoms with Crippen LogP contribution in [0.4, 0.5) is 5.69 Å². The summed E-state index contributed by atoms with van der Waals surface area (Å²) in [5.41, 5.74) is 5.58. The zero-order valence-electron chi connectivity index (χ0n) is 12.1. The molecule has 0 bridgehead atoms. The van der Waals surface area contributed by atoms with Crippen molar-refractivity contribution in [2.75, 3.05) is 5.32 Å². The minimum atomic E-state index is 0.301. The average molecular weight is 409 g/mol. The van der Waals surface area contributed by atoms with Crippen molar-refractivity contribution in [3.63, 3.8) is 0 Å². The van der Waals surface area contributed by atoms with E-state index in [1.165, 1.54) is 31.2 Å². The number of anilines is 1. The average Bonchev–Trinajstić information content (AvgIpc) is 2.49. The highest BCUT2D eigenvalue weighted by Gasteiger charge is 2.13. The number of aryl methyl sites for hydroxylation is 2. The van der Waals surface area contributed by atoms with E-state index in [-0.39, 0.29) is 0 Å². The van der Waals surface area contributed by atoms with Crippen molar-refractivity contribution in [1.29, 1.82) is 0 Å². The Bertz CT molecular complexity index is 652. The predicted octanol–water partition coefficient (Wildman–Crippen LogP) is 6.26. The molecular weight excluding hydrogens is 390 g/mol. The van der Waals surface area contributed by atoms with Crippen LogP contribution in [0.15, 0.2) is 45.3 Å². The van der Waals surface area contributed by atoms with Gasteiger partial charge in [-0.15, -0.1) is 0 Å². The summed E-state index contributed by atoms with van der Waals surface area (Å²) < 4.78 is 2.17. The van der Waals surface area contributed by atoms with Gasteiger partial charge in [-0.1, -0.05) is 34.1 Å². The van der Waals surface area contributed by atoms with Crippen molar-refractivity contribution >= 4 is 37.5 Å². The fraction of sp³-hybridized carbons (Fsp3) is 0.333. The Morgan fingerprint density at radius 3 is 2.48 bits per heavy atom. The molecule has 1 aliphatic carbocycles. The van der Waals surface area contributed by atoms with Crippen molar-refractivity contribution in [2.24, 2.45) is 0 Å². The number of rotatable bonds is 3. The first-order chi connectivity index (χ1) is 10.1. The van der Waals surface area contributed by atoms with E-state index in [1.807, 2.05) is 0 Å². The molecule has 3 rings (SSSR count). The van der Waals surface area contributed by atoms with Crippen molar-refractivity contribution in [3.8, 4) is 0 Å². The van der Waals surface area contributed by atoms with Crippen molar-refractivity contribution in [1.82, 2.24) is 0 Å². The van der Waals surface area contributed by atoms with E-state index < -0.39 is 0 Å². The van der Waals surface area contributed by atoms with Gasteiger partial charge in [-0.25, -0.2) is 0 Å². The number of hydrogen-bond acceptors (Lipinski definition) is 1. The van der Waals surface area contributed by atoms with Gasteiger partial charge < -0.3 is 5.32 Å². The molecule has 1 N–H and O–H groups in total. The molecule has 1 nitrogen and oxygen atoms in total. The molecule has 0 aromatic heterocycles. The van der Waals surface area contributed by atoms with E-state index >= 15 is 0 Å². The first kappa shape index (κ1) is 15.1. The van der Waals surface area contributed by atoms with E-state index in [0.717, 1.165) is 14.6 Å². The largest absolute Gasteiger partial charge is 0.378 e. The standard InChI is InChI=1S/C18H19Br2N/c1-12(21-18-9-8-16(19)11-17(18)20)14-7-6-13-4-2-3-5-15(13)10-14/h6-12,21H,2-5H2,1H3. The van der Waals surface area contributed by atoms with Gasteiger partial charge in [-0.05, 0) is 83.4 Å². The first-order valence-electron chi connectivity index (χ1n) is 7.47. The van der Waals surface area contributed by atoms with Gasteiger partial charge in [0.25, 0.3) is 0 Å². The zero-order valence-corrected chi connectivity index (χ0v) is 15.3. The molecule has 0 heterocycles. The second-order valence-corrected chi connectivity index (χ2v) is 7.50. The third-order valence-electron chi connectivity index (χ3n) is 4.18. The summed E-state index contributed by atoms with van der Waals surface area (Å²) >= 11 is 7.11. The minimum absolute atomic E-state index is 0.301. The van der Waals surface area contributed by atoms with Gasteiger partial charge in [0.15, 0.2) is 0 Å². The van der Waals surface area contributed by atoms with Crippen LogP contribution in [0.1, 0.15) is 42.5 Å². The van der Waals surface area contributed by atoms with Gasteiger partial charge in [0.2, 0.25) is 0 Å². The lowest BCUT2D eigenvalue weighted by Gasteiger charge is -2.21. The molecule has 0 saturated heterocycles. The third kappa shape index (κ3) is 3.51. The van der Waals surface area contributed by atoms with Gasteiger partial charge in [-0.3, -0.25) is 0 Å². The second kappa shape index (κ2) is 6.53. The molecule has 1 unspecified atom stereocenters. The molecule has 2 aromatic carbocycles. The zero-order chi connectivity index (χ0) is 14.8. The van der Waals surface area contributed by atoms with Gasteiger partial charge >= 0.3 is 0 Å². The molecule has 0 radical (unpaired) electrons. The predicted molar refractivity (Wildman–Crippen MR) is 97.0 cm³/mol. The van der Waals surface area contributed by atoms with Crippen LogP contribution in [0.5, 0.6) is 0 Å². The molecule has 0 spiro atoms. The number of halogens is 2. The van der Waals surface area contributed by atoms with E-state index in [0.29, 0.717) is 6.04 Å². The molecular formula is C18H19Br2N. The lowest BCUT2D eigenvalue weighted by atomic mass is 9.89. The van der Waals surface area contributed by atoms with Crippen molar-refractivity contribution < 1.29 is 0 Å². The van der Waals surface area contributed by atoms with E-state index in [4.69, 9.17) is 0 Å². The topological polar surface area (TPSA) is 12.0 Å². The summed E-state index contributed by atoms with van der Waals surface area (Å²) in [6, 6.07) is 13.5. The summed E-state index contributed by atoms with van der Waals surface area (Å²) in [5.74, 6) is 0. The number of hydrogen-bond donors (Lipinski definition) is 1. The maximum Gasteiger partial charge on any atom is 0.0490 e. The maximum absolute atomic E-state index is 3.62. The molecule has 21 heavy (non-hydrogen) atoms. The summed E-state index contributed by atoms with van der Waals surface area (Å²) in [6.45, 7) is 2.22. The SMILES string of the molecule is CC(Nc1ccc(Br)cc1Br)c1ccc2c(c1)CCCC2. The van der Waals surface area contributed by atoms with Gasteiger partial charge in [-0.2, -0.15) is 0 Å².